The van der Waals surface area contributed by atoms with Crippen molar-refractivity contribution < 1.29 is 24.2 Å². The molecule has 0 saturated carbocycles. The Morgan fingerprint density at radius 3 is 2.56 bits per heavy atom. The number of imide groups is 1. The van der Waals surface area contributed by atoms with Gasteiger partial charge in [0, 0.05) is 25.9 Å². The molecular formula is C17H23N3O5. The maximum Gasteiger partial charge on any atom is 0.319 e. The molecule has 3 N–H and O–H groups in total. The second kappa shape index (κ2) is 7.62. The molecule has 0 atom stereocenters. The third-order valence-corrected chi connectivity index (χ3v) is 3.81. The molecule has 2 rings (SSSR count). The minimum absolute atomic E-state index is 0.214. The maximum absolute atomic E-state index is 12.4. The molecule has 0 fully saturated rings. The van der Waals surface area contributed by atoms with Crippen molar-refractivity contribution in [1.82, 2.24) is 10.2 Å². The zero-order valence-electron chi connectivity index (χ0n) is 14.6. The lowest BCUT2D eigenvalue weighted by Gasteiger charge is -2.23. The first kappa shape index (κ1) is 18.9. The quantitative estimate of drug-likeness (QED) is 0.506. The number of carbonyl (C=O) groups excluding carboxylic acids is 3. The number of carbonyl (C=O) groups is 3. The maximum atomic E-state index is 12.4. The molecule has 4 amide bonds. The lowest BCUT2D eigenvalue weighted by Crippen LogP contribution is -2.48. The second-order valence-electron chi connectivity index (χ2n) is 6.49. The van der Waals surface area contributed by atoms with Crippen LogP contribution in [0.25, 0.3) is 0 Å². The van der Waals surface area contributed by atoms with E-state index < -0.39 is 11.6 Å². The van der Waals surface area contributed by atoms with Crippen LogP contribution in [0.3, 0.4) is 0 Å². The van der Waals surface area contributed by atoms with E-state index >= 15 is 0 Å². The molecule has 25 heavy (non-hydrogen) atoms. The van der Waals surface area contributed by atoms with E-state index in [9.17, 15) is 19.5 Å². The van der Waals surface area contributed by atoms with Crippen LogP contribution in [0.2, 0.25) is 0 Å². The van der Waals surface area contributed by atoms with Gasteiger partial charge in [0.1, 0.15) is 0 Å². The largest absolute Gasteiger partial charge is 0.394 e. The Hall–Kier alpha value is -2.45. The smallest absolute Gasteiger partial charge is 0.319 e. The van der Waals surface area contributed by atoms with Crippen LogP contribution in [0.5, 0.6) is 0 Å². The van der Waals surface area contributed by atoms with E-state index in [1.54, 1.807) is 27.0 Å². The minimum Gasteiger partial charge on any atom is -0.394 e. The number of anilines is 1. The van der Waals surface area contributed by atoms with E-state index in [1.165, 1.54) is 17.0 Å². The van der Waals surface area contributed by atoms with E-state index in [4.69, 9.17) is 4.74 Å². The Bertz CT molecular complexity index is 687. The van der Waals surface area contributed by atoms with E-state index in [0.29, 0.717) is 24.3 Å². The standard InChI is InChI=1S/C17H23N3O5/c1-17(2,10-21)19-16(24)18-11-5-6-12-13(9-11)15(23)20(14(12)22)7-4-8-25-3/h5-6,9,21H,4,7-8,10H2,1-3H3,(H2,18,19,24). The molecule has 1 aromatic carbocycles. The molecule has 0 aliphatic carbocycles. The number of fused-ring (bicyclic) bond motifs is 1. The Kier molecular flexibility index (Phi) is 5.76. The fraction of sp³-hybridized carbons (Fsp3) is 0.471. The molecule has 0 saturated heterocycles. The number of ether oxygens (including phenoxy) is 1. The van der Waals surface area contributed by atoms with Gasteiger partial charge in [-0.3, -0.25) is 14.5 Å². The SMILES string of the molecule is COCCCN1C(=O)c2ccc(NC(=O)NC(C)(C)CO)cc2C1=O. The number of nitrogens with zero attached hydrogens (tertiary/aromatic N) is 1. The van der Waals surface area contributed by atoms with Gasteiger partial charge in [-0.25, -0.2) is 4.79 Å². The van der Waals surface area contributed by atoms with Crippen molar-refractivity contribution in [2.24, 2.45) is 0 Å². The van der Waals surface area contributed by atoms with Crippen molar-refractivity contribution in [3.8, 4) is 0 Å². The van der Waals surface area contributed by atoms with Crippen LogP contribution in [-0.2, 0) is 4.74 Å². The average Bonchev–Trinajstić information content (AvgIpc) is 2.79. The number of nitrogens with one attached hydrogen (secondary N) is 2. The van der Waals surface area contributed by atoms with Crippen LogP contribution in [0.1, 0.15) is 41.0 Å². The highest BCUT2D eigenvalue weighted by Crippen LogP contribution is 2.26. The summed E-state index contributed by atoms with van der Waals surface area (Å²) >= 11 is 0. The lowest BCUT2D eigenvalue weighted by atomic mass is 10.1. The Labute approximate surface area is 146 Å². The van der Waals surface area contributed by atoms with E-state index in [0.717, 1.165) is 0 Å². The molecule has 1 aliphatic heterocycles. The number of hydrogen-bond acceptors (Lipinski definition) is 5. The van der Waals surface area contributed by atoms with Gasteiger partial charge in [-0.15, -0.1) is 0 Å². The summed E-state index contributed by atoms with van der Waals surface area (Å²) in [6, 6.07) is 4.07. The fourth-order valence-electron chi connectivity index (χ4n) is 2.45. The molecule has 8 heteroatoms. The number of benzene rings is 1. The number of aliphatic hydroxyl groups excluding tert-OH is 1. The topological polar surface area (TPSA) is 108 Å². The summed E-state index contributed by atoms with van der Waals surface area (Å²) in [7, 11) is 1.56. The molecule has 1 heterocycles. The van der Waals surface area contributed by atoms with Gasteiger partial charge < -0.3 is 20.5 Å². The van der Waals surface area contributed by atoms with Crippen molar-refractivity contribution in [1.29, 1.82) is 0 Å². The number of rotatable bonds is 7. The normalized spacial score (nSPS) is 13.8. The third-order valence-electron chi connectivity index (χ3n) is 3.81. The van der Waals surface area contributed by atoms with Crippen molar-refractivity contribution in [3.63, 3.8) is 0 Å². The number of hydrogen-bond donors (Lipinski definition) is 3. The molecular weight excluding hydrogens is 326 g/mol. The molecule has 0 spiro atoms. The Morgan fingerprint density at radius 2 is 1.92 bits per heavy atom. The molecule has 0 unspecified atom stereocenters. The van der Waals surface area contributed by atoms with Crippen LogP contribution in [0.15, 0.2) is 18.2 Å². The van der Waals surface area contributed by atoms with Crippen LogP contribution in [-0.4, -0.2) is 60.3 Å². The highest BCUT2D eigenvalue weighted by Gasteiger charge is 2.35. The molecule has 8 nitrogen and oxygen atoms in total. The number of amides is 4. The third kappa shape index (κ3) is 4.34. The van der Waals surface area contributed by atoms with Crippen LogP contribution >= 0.6 is 0 Å². The first-order valence-electron chi connectivity index (χ1n) is 7.98. The van der Waals surface area contributed by atoms with Gasteiger partial charge in [0.15, 0.2) is 0 Å². The van der Waals surface area contributed by atoms with Gasteiger partial charge >= 0.3 is 6.03 Å². The highest BCUT2D eigenvalue weighted by atomic mass is 16.5. The van der Waals surface area contributed by atoms with E-state index in [-0.39, 0.29) is 30.5 Å². The van der Waals surface area contributed by atoms with Crippen molar-refractivity contribution in [2.75, 3.05) is 32.2 Å². The zero-order valence-corrected chi connectivity index (χ0v) is 14.6. The number of aliphatic hydroxyl groups is 1. The van der Waals surface area contributed by atoms with Crippen molar-refractivity contribution in [3.05, 3.63) is 29.3 Å². The predicted molar refractivity (Wildman–Crippen MR) is 91.6 cm³/mol. The molecule has 136 valence electrons. The summed E-state index contributed by atoms with van der Waals surface area (Å²) in [6.07, 6.45) is 0.561. The van der Waals surface area contributed by atoms with E-state index in [1.807, 2.05) is 0 Å². The summed E-state index contributed by atoms with van der Waals surface area (Å²) in [5.41, 5.74) is 0.209. The Balaban J connectivity index is 2.10. The first-order chi connectivity index (χ1) is 11.8. The predicted octanol–water partition coefficient (Wildman–Crippen LogP) is 1.21. The molecule has 0 bridgehead atoms. The van der Waals surface area contributed by atoms with Gasteiger partial charge in [0.2, 0.25) is 0 Å². The highest BCUT2D eigenvalue weighted by molar-refractivity contribution is 6.21. The monoisotopic (exact) mass is 349 g/mol. The minimum atomic E-state index is -0.773. The lowest BCUT2D eigenvalue weighted by molar-refractivity contribution is 0.0638. The molecule has 0 radical (unpaired) electrons. The van der Waals surface area contributed by atoms with Crippen molar-refractivity contribution in [2.45, 2.75) is 25.8 Å². The van der Waals surface area contributed by atoms with Gasteiger partial charge in [0.25, 0.3) is 11.8 Å². The first-order valence-corrected chi connectivity index (χ1v) is 7.98. The zero-order chi connectivity index (χ0) is 18.6. The summed E-state index contributed by atoms with van der Waals surface area (Å²) in [4.78, 5) is 37.9. The van der Waals surface area contributed by atoms with Gasteiger partial charge in [-0.1, -0.05) is 0 Å². The van der Waals surface area contributed by atoms with Crippen molar-refractivity contribution >= 4 is 23.5 Å². The number of methoxy groups -OCH3 is 1. The van der Waals surface area contributed by atoms with E-state index in [2.05, 4.69) is 10.6 Å². The molecule has 1 aromatic rings. The molecule has 0 aromatic heterocycles. The summed E-state index contributed by atoms with van der Waals surface area (Å²) < 4.78 is 4.94. The summed E-state index contributed by atoms with van der Waals surface area (Å²) in [5.74, 6) is -0.718. The van der Waals surface area contributed by atoms with Crippen LogP contribution in [0.4, 0.5) is 10.5 Å². The van der Waals surface area contributed by atoms with Crippen LogP contribution in [0, 0.1) is 0 Å². The number of urea groups is 1. The molecule has 1 aliphatic rings. The van der Waals surface area contributed by atoms with Gasteiger partial charge in [-0.2, -0.15) is 0 Å². The summed E-state index contributed by atoms with van der Waals surface area (Å²) in [5, 5.41) is 14.4. The van der Waals surface area contributed by atoms with Gasteiger partial charge in [-0.05, 0) is 38.5 Å². The van der Waals surface area contributed by atoms with Gasteiger partial charge in [0.05, 0.1) is 23.3 Å². The average molecular weight is 349 g/mol. The second-order valence-corrected chi connectivity index (χ2v) is 6.49. The summed E-state index contributed by atoms with van der Waals surface area (Å²) in [6.45, 7) is 3.88. The van der Waals surface area contributed by atoms with Crippen LogP contribution < -0.4 is 10.6 Å². The Morgan fingerprint density at radius 1 is 1.24 bits per heavy atom. The fourth-order valence-corrected chi connectivity index (χ4v) is 2.45.